The van der Waals surface area contributed by atoms with Crippen LogP contribution >= 0.6 is 23.2 Å². The molecule has 1 N–H and O–H groups in total. The number of Topliss-reactive ketones (excluding diaryl/α,β-unsaturated/α-hetero) is 1. The Morgan fingerprint density at radius 3 is 2.12 bits per heavy atom. The van der Waals surface area contributed by atoms with Gasteiger partial charge in [0.1, 0.15) is 5.76 Å². The molecule has 1 aliphatic heterocycles. The van der Waals surface area contributed by atoms with Gasteiger partial charge in [0.2, 0.25) is 0 Å². The van der Waals surface area contributed by atoms with Gasteiger partial charge >= 0.3 is 0 Å². The number of carbonyl (C=O) groups excluding carboxylic acids is 2. The van der Waals surface area contributed by atoms with Crippen LogP contribution in [-0.4, -0.2) is 48.4 Å². The van der Waals surface area contributed by atoms with E-state index in [4.69, 9.17) is 27.9 Å². The van der Waals surface area contributed by atoms with Crippen molar-refractivity contribution in [3.63, 3.8) is 0 Å². The molecule has 2 aromatic carbocycles. The topological polar surface area (TPSA) is 70.1 Å². The normalized spacial score (nSPS) is 17.5. The number of aliphatic hydroxyl groups excluding tert-OH is 1. The molecular formula is C25H28Cl2N2O4. The lowest BCUT2D eigenvalue weighted by Crippen LogP contribution is -2.30. The molecule has 1 heterocycles. The average molecular weight is 491 g/mol. The predicted molar refractivity (Wildman–Crippen MR) is 132 cm³/mol. The maximum Gasteiger partial charge on any atom is 0.295 e. The SMILES string of the molecule is CCCN1C(=O)C(=O)/C(=C(/O)c2cc(Cl)c(OC)c(Cl)c2)C1c1ccc(N(CC)CC)cc1. The Morgan fingerprint density at radius 1 is 1.06 bits per heavy atom. The summed E-state index contributed by atoms with van der Waals surface area (Å²) in [6.07, 6.45) is 0.668. The van der Waals surface area contributed by atoms with Gasteiger partial charge in [0.25, 0.3) is 11.7 Å². The maximum atomic E-state index is 13.0. The number of nitrogens with zero attached hydrogens (tertiary/aromatic N) is 2. The minimum absolute atomic E-state index is 0.0151. The van der Waals surface area contributed by atoms with Crippen molar-refractivity contribution in [2.75, 3.05) is 31.6 Å². The van der Waals surface area contributed by atoms with E-state index >= 15 is 0 Å². The van der Waals surface area contributed by atoms with Crippen LogP contribution in [0.2, 0.25) is 10.0 Å². The van der Waals surface area contributed by atoms with Crippen LogP contribution in [-0.2, 0) is 9.59 Å². The summed E-state index contributed by atoms with van der Waals surface area (Å²) in [6, 6.07) is 9.95. The molecule has 0 bridgehead atoms. The first-order valence-electron chi connectivity index (χ1n) is 11.0. The van der Waals surface area contributed by atoms with Gasteiger partial charge in [-0.05, 0) is 50.1 Å². The first kappa shape index (κ1) is 24.9. The second kappa shape index (κ2) is 10.5. The number of amides is 1. The van der Waals surface area contributed by atoms with E-state index in [9.17, 15) is 14.7 Å². The summed E-state index contributed by atoms with van der Waals surface area (Å²) in [5.74, 6) is -1.43. The molecule has 1 unspecified atom stereocenters. The summed E-state index contributed by atoms with van der Waals surface area (Å²) in [7, 11) is 1.44. The zero-order valence-corrected chi connectivity index (χ0v) is 20.7. The van der Waals surface area contributed by atoms with E-state index in [0.717, 1.165) is 24.3 Å². The lowest BCUT2D eigenvalue weighted by Gasteiger charge is -2.26. The Morgan fingerprint density at radius 2 is 1.64 bits per heavy atom. The first-order chi connectivity index (χ1) is 15.8. The van der Waals surface area contributed by atoms with Crippen molar-refractivity contribution in [3.8, 4) is 5.75 Å². The van der Waals surface area contributed by atoms with Crippen molar-refractivity contribution >= 4 is 46.3 Å². The second-order valence-corrected chi connectivity index (χ2v) is 8.54. The number of halogens is 2. The molecule has 1 amide bonds. The van der Waals surface area contributed by atoms with Gasteiger partial charge in [0.15, 0.2) is 5.75 Å². The van der Waals surface area contributed by atoms with Crippen LogP contribution in [0.5, 0.6) is 5.75 Å². The average Bonchev–Trinajstić information content (AvgIpc) is 3.05. The molecule has 6 nitrogen and oxygen atoms in total. The highest BCUT2D eigenvalue weighted by molar-refractivity contribution is 6.46. The van der Waals surface area contributed by atoms with Gasteiger partial charge in [-0.2, -0.15) is 0 Å². The molecule has 8 heteroatoms. The van der Waals surface area contributed by atoms with Crippen LogP contribution in [0, 0.1) is 0 Å². The van der Waals surface area contributed by atoms with Crippen molar-refractivity contribution in [1.29, 1.82) is 0 Å². The molecule has 33 heavy (non-hydrogen) atoms. The van der Waals surface area contributed by atoms with Crippen LogP contribution in [0.4, 0.5) is 5.69 Å². The number of likely N-dealkylation sites (tertiary alicyclic amines) is 1. The Bertz CT molecular complexity index is 1060. The maximum absolute atomic E-state index is 13.0. The van der Waals surface area contributed by atoms with E-state index in [1.165, 1.54) is 24.1 Å². The van der Waals surface area contributed by atoms with Gasteiger partial charge < -0.3 is 19.6 Å². The smallest absolute Gasteiger partial charge is 0.295 e. The fraction of sp³-hybridized carbons (Fsp3) is 0.360. The fourth-order valence-electron chi connectivity index (χ4n) is 4.20. The summed E-state index contributed by atoms with van der Waals surface area (Å²) in [5, 5.41) is 11.5. The number of methoxy groups -OCH3 is 1. The third-order valence-corrected chi connectivity index (χ3v) is 6.38. The molecule has 176 valence electrons. The second-order valence-electron chi connectivity index (χ2n) is 7.73. The van der Waals surface area contributed by atoms with Crippen molar-refractivity contribution in [3.05, 3.63) is 63.1 Å². The zero-order chi connectivity index (χ0) is 24.3. The Kier molecular flexibility index (Phi) is 7.92. The molecule has 0 saturated carbocycles. The van der Waals surface area contributed by atoms with E-state index in [1.807, 2.05) is 31.2 Å². The number of anilines is 1. The standard InChI is InChI=1S/C25H28Cl2N2O4/c1-5-12-29-21(15-8-10-17(11-9-15)28(6-2)7-3)20(23(31)25(29)32)22(30)16-13-18(26)24(33-4)19(27)14-16/h8-11,13-14,21,30H,5-7,12H2,1-4H3/b22-20+. The Hall–Kier alpha value is -2.70. The molecule has 0 radical (unpaired) electrons. The van der Waals surface area contributed by atoms with Crippen molar-refractivity contribution < 1.29 is 19.4 Å². The molecule has 1 fully saturated rings. The van der Waals surface area contributed by atoms with Gasteiger partial charge in [-0.15, -0.1) is 0 Å². The number of hydrogen-bond acceptors (Lipinski definition) is 5. The molecule has 3 rings (SSSR count). The number of ether oxygens (including phenoxy) is 1. The highest BCUT2D eigenvalue weighted by Gasteiger charge is 2.45. The first-order valence-corrected chi connectivity index (χ1v) is 11.7. The third-order valence-electron chi connectivity index (χ3n) is 5.82. The number of ketones is 1. The van der Waals surface area contributed by atoms with Crippen LogP contribution in [0.15, 0.2) is 42.0 Å². The van der Waals surface area contributed by atoms with E-state index in [0.29, 0.717) is 13.0 Å². The van der Waals surface area contributed by atoms with Crippen molar-refractivity contribution in [2.24, 2.45) is 0 Å². The van der Waals surface area contributed by atoms with E-state index < -0.39 is 17.7 Å². The lowest BCUT2D eigenvalue weighted by atomic mass is 9.95. The molecule has 1 aliphatic rings. The van der Waals surface area contributed by atoms with Crippen LogP contribution < -0.4 is 9.64 Å². The zero-order valence-electron chi connectivity index (χ0n) is 19.2. The minimum Gasteiger partial charge on any atom is -0.507 e. The summed E-state index contributed by atoms with van der Waals surface area (Å²) in [6.45, 7) is 8.21. The molecule has 0 spiro atoms. The molecule has 1 saturated heterocycles. The number of aliphatic hydroxyl groups is 1. The van der Waals surface area contributed by atoms with Crippen molar-refractivity contribution in [2.45, 2.75) is 33.2 Å². The van der Waals surface area contributed by atoms with Crippen LogP contribution in [0.25, 0.3) is 5.76 Å². The summed E-state index contributed by atoms with van der Waals surface area (Å²) >= 11 is 12.5. The quantitative estimate of drug-likeness (QED) is 0.292. The molecule has 2 aromatic rings. The highest BCUT2D eigenvalue weighted by atomic mass is 35.5. The van der Waals surface area contributed by atoms with Gasteiger partial charge in [0.05, 0.1) is 28.8 Å². The third kappa shape index (κ3) is 4.68. The van der Waals surface area contributed by atoms with E-state index in [1.54, 1.807) is 0 Å². The van der Waals surface area contributed by atoms with Gasteiger partial charge in [-0.3, -0.25) is 9.59 Å². The summed E-state index contributed by atoms with van der Waals surface area (Å²) in [4.78, 5) is 29.6. The number of benzene rings is 2. The number of hydrogen-bond donors (Lipinski definition) is 1. The Labute approximate surface area is 204 Å². The molecular weight excluding hydrogens is 463 g/mol. The number of carbonyl (C=O) groups is 2. The molecule has 0 aliphatic carbocycles. The molecule has 1 atom stereocenters. The van der Waals surface area contributed by atoms with E-state index in [2.05, 4.69) is 18.7 Å². The largest absolute Gasteiger partial charge is 0.507 e. The van der Waals surface area contributed by atoms with Gasteiger partial charge in [0, 0.05) is 30.9 Å². The minimum atomic E-state index is -0.734. The highest BCUT2D eigenvalue weighted by Crippen LogP contribution is 2.42. The van der Waals surface area contributed by atoms with Crippen LogP contribution in [0.3, 0.4) is 0 Å². The fourth-order valence-corrected chi connectivity index (χ4v) is 4.84. The van der Waals surface area contributed by atoms with Gasteiger partial charge in [-0.25, -0.2) is 0 Å². The summed E-state index contributed by atoms with van der Waals surface area (Å²) in [5.41, 5.74) is 2.04. The Balaban J connectivity index is 2.16. The molecule has 0 aromatic heterocycles. The van der Waals surface area contributed by atoms with Gasteiger partial charge in [-0.1, -0.05) is 42.3 Å². The monoisotopic (exact) mass is 490 g/mol. The lowest BCUT2D eigenvalue weighted by molar-refractivity contribution is -0.139. The summed E-state index contributed by atoms with van der Waals surface area (Å²) < 4.78 is 5.17. The number of rotatable bonds is 8. The van der Waals surface area contributed by atoms with Crippen molar-refractivity contribution in [1.82, 2.24) is 4.90 Å². The van der Waals surface area contributed by atoms with E-state index in [-0.39, 0.29) is 32.7 Å². The predicted octanol–water partition coefficient (Wildman–Crippen LogP) is 5.68. The van der Waals surface area contributed by atoms with Crippen LogP contribution in [0.1, 0.15) is 44.4 Å².